The Morgan fingerprint density at radius 3 is 2.47 bits per heavy atom. The highest BCUT2D eigenvalue weighted by Crippen LogP contribution is 2.28. The summed E-state index contributed by atoms with van der Waals surface area (Å²) in [6, 6.07) is 7.86. The lowest BCUT2D eigenvalue weighted by Gasteiger charge is -2.02. The summed E-state index contributed by atoms with van der Waals surface area (Å²) in [6.07, 6.45) is 0.876. The first-order valence-electron chi connectivity index (χ1n) is 5.63. The van der Waals surface area contributed by atoms with Gasteiger partial charge in [-0.3, -0.25) is 4.68 Å². The Kier molecular flexibility index (Phi) is 3.04. The zero-order valence-electron chi connectivity index (χ0n) is 10.4. The molecule has 0 saturated carbocycles. The second-order valence-electron chi connectivity index (χ2n) is 3.92. The predicted octanol–water partition coefficient (Wildman–Crippen LogP) is 2.24. The number of anilines is 1. The minimum absolute atomic E-state index is 0.735. The number of nitrogen functional groups attached to an aromatic ring is 1. The maximum atomic E-state index is 5.98. The molecule has 4 nitrogen and oxygen atoms in total. The number of rotatable bonds is 3. The third-order valence-electron chi connectivity index (χ3n) is 2.91. The maximum Gasteiger partial charge on any atom is 0.125 e. The Labute approximate surface area is 101 Å². The van der Waals surface area contributed by atoms with Crippen LogP contribution in [-0.2, 0) is 13.5 Å². The van der Waals surface area contributed by atoms with Crippen molar-refractivity contribution in [1.29, 1.82) is 0 Å². The molecule has 0 bridgehead atoms. The van der Waals surface area contributed by atoms with Crippen molar-refractivity contribution in [3.05, 3.63) is 29.8 Å². The van der Waals surface area contributed by atoms with Crippen molar-refractivity contribution in [2.75, 3.05) is 12.8 Å². The number of nitrogens with two attached hydrogens (primary N) is 1. The Morgan fingerprint density at radius 1 is 1.29 bits per heavy atom. The Morgan fingerprint density at radius 2 is 1.94 bits per heavy atom. The lowest BCUT2D eigenvalue weighted by Crippen LogP contribution is -1.98. The minimum atomic E-state index is 0.735. The van der Waals surface area contributed by atoms with Crippen LogP contribution in [0.2, 0.25) is 0 Å². The number of aromatic nitrogens is 2. The molecule has 0 atom stereocenters. The summed E-state index contributed by atoms with van der Waals surface area (Å²) in [7, 11) is 3.52. The van der Waals surface area contributed by atoms with Gasteiger partial charge in [-0.25, -0.2) is 0 Å². The van der Waals surface area contributed by atoms with Crippen molar-refractivity contribution < 1.29 is 4.74 Å². The molecule has 0 saturated heterocycles. The zero-order valence-corrected chi connectivity index (χ0v) is 10.4. The molecule has 0 amide bonds. The Balaban J connectivity index is 2.48. The minimum Gasteiger partial charge on any atom is -0.497 e. The van der Waals surface area contributed by atoms with E-state index in [1.54, 1.807) is 11.8 Å². The van der Waals surface area contributed by atoms with E-state index in [4.69, 9.17) is 10.5 Å². The summed E-state index contributed by atoms with van der Waals surface area (Å²) in [5.74, 6) is 1.58. The summed E-state index contributed by atoms with van der Waals surface area (Å²) < 4.78 is 6.86. The number of methoxy groups -OCH3 is 1. The van der Waals surface area contributed by atoms with Gasteiger partial charge >= 0.3 is 0 Å². The lowest BCUT2D eigenvalue weighted by atomic mass is 10.1. The molecule has 4 heteroatoms. The van der Waals surface area contributed by atoms with Gasteiger partial charge in [-0.15, -0.1) is 0 Å². The quantitative estimate of drug-likeness (QED) is 0.881. The molecule has 1 heterocycles. The normalized spacial score (nSPS) is 10.5. The summed E-state index contributed by atoms with van der Waals surface area (Å²) in [4.78, 5) is 0. The summed E-state index contributed by atoms with van der Waals surface area (Å²) in [5.41, 5.74) is 9.10. The molecule has 0 aliphatic rings. The highest BCUT2D eigenvalue weighted by molar-refractivity contribution is 5.68. The fraction of sp³-hybridized carbons (Fsp3) is 0.308. The second-order valence-corrected chi connectivity index (χ2v) is 3.92. The van der Waals surface area contributed by atoms with Crippen LogP contribution >= 0.6 is 0 Å². The molecule has 90 valence electrons. The molecule has 0 aliphatic heterocycles. The van der Waals surface area contributed by atoms with Crippen LogP contribution in [0.15, 0.2) is 24.3 Å². The van der Waals surface area contributed by atoms with E-state index < -0.39 is 0 Å². The van der Waals surface area contributed by atoms with Gasteiger partial charge in [0.2, 0.25) is 0 Å². The summed E-state index contributed by atoms with van der Waals surface area (Å²) in [5, 5.41) is 4.46. The highest BCUT2D eigenvalue weighted by Gasteiger charge is 2.13. The van der Waals surface area contributed by atoms with Crippen LogP contribution in [-0.4, -0.2) is 16.9 Å². The average molecular weight is 231 g/mol. The van der Waals surface area contributed by atoms with Crippen LogP contribution in [0.4, 0.5) is 5.82 Å². The third-order valence-corrected chi connectivity index (χ3v) is 2.91. The van der Waals surface area contributed by atoms with Crippen molar-refractivity contribution in [2.24, 2.45) is 7.05 Å². The van der Waals surface area contributed by atoms with E-state index in [1.165, 1.54) is 0 Å². The van der Waals surface area contributed by atoms with Crippen LogP contribution in [0.3, 0.4) is 0 Å². The van der Waals surface area contributed by atoms with Crippen LogP contribution in [0, 0.1) is 0 Å². The van der Waals surface area contributed by atoms with Gasteiger partial charge in [-0.05, 0) is 30.7 Å². The van der Waals surface area contributed by atoms with E-state index >= 15 is 0 Å². The van der Waals surface area contributed by atoms with Gasteiger partial charge in [-0.1, -0.05) is 6.92 Å². The molecule has 2 rings (SSSR count). The van der Waals surface area contributed by atoms with E-state index in [2.05, 4.69) is 12.0 Å². The van der Waals surface area contributed by atoms with Gasteiger partial charge in [0.05, 0.1) is 12.8 Å². The SMILES string of the molecule is CCc1c(-c2ccc(OC)cc2)nn(C)c1N. The monoisotopic (exact) mass is 231 g/mol. The third kappa shape index (κ3) is 1.98. The van der Waals surface area contributed by atoms with E-state index in [0.717, 1.165) is 34.8 Å². The molecule has 2 N–H and O–H groups in total. The lowest BCUT2D eigenvalue weighted by molar-refractivity contribution is 0.415. The molecular formula is C13H17N3O. The Hall–Kier alpha value is -1.97. The number of benzene rings is 1. The molecule has 0 fully saturated rings. The van der Waals surface area contributed by atoms with Gasteiger partial charge < -0.3 is 10.5 Å². The molecule has 0 unspecified atom stereocenters. The van der Waals surface area contributed by atoms with E-state index in [0.29, 0.717) is 0 Å². The van der Waals surface area contributed by atoms with Gasteiger partial charge in [0.15, 0.2) is 0 Å². The van der Waals surface area contributed by atoms with Crippen LogP contribution in [0.1, 0.15) is 12.5 Å². The number of nitrogens with zero attached hydrogens (tertiary/aromatic N) is 2. The average Bonchev–Trinajstić information content (AvgIpc) is 2.65. The number of aryl methyl sites for hydroxylation is 1. The highest BCUT2D eigenvalue weighted by atomic mass is 16.5. The number of hydrogen-bond acceptors (Lipinski definition) is 3. The molecule has 2 aromatic rings. The molecular weight excluding hydrogens is 214 g/mol. The predicted molar refractivity (Wildman–Crippen MR) is 69.0 cm³/mol. The van der Waals surface area contributed by atoms with Crippen molar-refractivity contribution >= 4 is 5.82 Å². The fourth-order valence-electron chi connectivity index (χ4n) is 1.91. The Bertz CT molecular complexity index is 514. The molecule has 0 radical (unpaired) electrons. The summed E-state index contributed by atoms with van der Waals surface area (Å²) in [6.45, 7) is 2.08. The van der Waals surface area contributed by atoms with Crippen molar-refractivity contribution in [2.45, 2.75) is 13.3 Å². The molecule has 1 aromatic carbocycles. The number of hydrogen-bond donors (Lipinski definition) is 1. The van der Waals surface area contributed by atoms with Gasteiger partial charge in [0.25, 0.3) is 0 Å². The first-order valence-corrected chi connectivity index (χ1v) is 5.63. The first kappa shape index (κ1) is 11.5. The fourth-order valence-corrected chi connectivity index (χ4v) is 1.91. The maximum absolute atomic E-state index is 5.98. The van der Waals surface area contributed by atoms with Gasteiger partial charge in [0, 0.05) is 18.2 Å². The molecule has 0 aliphatic carbocycles. The van der Waals surface area contributed by atoms with Crippen molar-refractivity contribution in [3.8, 4) is 17.0 Å². The standard InChI is InChI=1S/C13H17N3O/c1-4-11-12(15-16(2)13(11)14)9-5-7-10(17-3)8-6-9/h5-8H,4,14H2,1-3H3. The van der Waals surface area contributed by atoms with E-state index in [9.17, 15) is 0 Å². The van der Waals surface area contributed by atoms with Gasteiger partial charge in [0.1, 0.15) is 11.6 Å². The molecule has 1 aromatic heterocycles. The molecule has 0 spiro atoms. The summed E-state index contributed by atoms with van der Waals surface area (Å²) >= 11 is 0. The van der Waals surface area contributed by atoms with Gasteiger partial charge in [-0.2, -0.15) is 5.10 Å². The van der Waals surface area contributed by atoms with E-state index in [1.807, 2.05) is 31.3 Å². The second kappa shape index (κ2) is 4.49. The van der Waals surface area contributed by atoms with Crippen molar-refractivity contribution in [1.82, 2.24) is 9.78 Å². The zero-order chi connectivity index (χ0) is 12.4. The smallest absolute Gasteiger partial charge is 0.125 e. The largest absolute Gasteiger partial charge is 0.497 e. The molecule has 17 heavy (non-hydrogen) atoms. The van der Waals surface area contributed by atoms with Crippen LogP contribution in [0.25, 0.3) is 11.3 Å². The first-order chi connectivity index (χ1) is 8.17. The topological polar surface area (TPSA) is 53.1 Å². The number of ether oxygens (including phenoxy) is 1. The van der Waals surface area contributed by atoms with Crippen molar-refractivity contribution in [3.63, 3.8) is 0 Å². The van der Waals surface area contributed by atoms with Crippen LogP contribution < -0.4 is 10.5 Å². The van der Waals surface area contributed by atoms with Crippen LogP contribution in [0.5, 0.6) is 5.75 Å². The van der Waals surface area contributed by atoms with E-state index in [-0.39, 0.29) is 0 Å².